The Bertz CT molecular complexity index is 1330. The van der Waals surface area contributed by atoms with Crippen LogP contribution < -0.4 is 16.0 Å². The number of phenols is 1. The first-order chi connectivity index (χ1) is 16.6. The molecule has 0 bridgehead atoms. The lowest BCUT2D eigenvalue weighted by molar-refractivity contribution is 0.103. The molecule has 3 heterocycles. The number of nitrogens with two attached hydrogens (primary N) is 1. The summed E-state index contributed by atoms with van der Waals surface area (Å²) in [7, 11) is 0. The van der Waals surface area contributed by atoms with Gasteiger partial charge in [-0.15, -0.1) is 0 Å². The highest BCUT2D eigenvalue weighted by Crippen LogP contribution is 2.26. The summed E-state index contributed by atoms with van der Waals surface area (Å²) in [5, 5.41) is 13.1. The predicted molar refractivity (Wildman–Crippen MR) is 141 cm³/mol. The van der Waals surface area contributed by atoms with E-state index in [1.807, 2.05) is 30.3 Å². The van der Waals surface area contributed by atoms with Crippen molar-refractivity contribution in [3.05, 3.63) is 102 Å². The van der Waals surface area contributed by atoms with E-state index < -0.39 is 0 Å². The van der Waals surface area contributed by atoms with Crippen LogP contribution in [0.15, 0.2) is 85.1 Å². The van der Waals surface area contributed by atoms with Gasteiger partial charge in [0.25, 0.3) is 0 Å². The number of aromatic nitrogens is 2. The van der Waals surface area contributed by atoms with E-state index >= 15 is 0 Å². The standard InChI is InChI=1S/C27H25N5O2.4H2/c28-27-22(15-20(16-30-27)18-9-11-21(33)12-10-18)26(34)23-7-4-8-25(31-23)32-14-13-29-24(17-32)19-5-2-1-3-6-19;;;;/h1-12,15-16,24,29,33H,13-14,17H2,(H2,28,30);4*1H. The lowest BCUT2D eigenvalue weighted by atomic mass is 10.0. The van der Waals surface area contributed by atoms with Gasteiger partial charge in [-0.1, -0.05) is 48.5 Å². The fraction of sp³-hybridized carbons (Fsp3) is 0.148. The fourth-order valence-corrected chi connectivity index (χ4v) is 4.20. The number of benzene rings is 2. The molecule has 0 aliphatic carbocycles. The van der Waals surface area contributed by atoms with Crippen molar-refractivity contribution in [3.63, 3.8) is 0 Å². The van der Waals surface area contributed by atoms with Gasteiger partial charge in [0, 0.05) is 43.1 Å². The van der Waals surface area contributed by atoms with Gasteiger partial charge >= 0.3 is 0 Å². The number of carbonyl (C=O) groups excluding carboxylic acids is 1. The summed E-state index contributed by atoms with van der Waals surface area (Å²) < 4.78 is 0. The number of pyridine rings is 2. The minimum Gasteiger partial charge on any atom is -0.508 e. The van der Waals surface area contributed by atoms with E-state index in [0.29, 0.717) is 11.3 Å². The second kappa shape index (κ2) is 9.33. The fourth-order valence-electron chi connectivity index (χ4n) is 4.20. The predicted octanol–water partition coefficient (Wildman–Crippen LogP) is 4.80. The molecule has 2 aromatic carbocycles. The Labute approximate surface area is 203 Å². The van der Waals surface area contributed by atoms with Crippen LogP contribution >= 0.6 is 0 Å². The summed E-state index contributed by atoms with van der Waals surface area (Å²) in [6, 6.07) is 24.4. The van der Waals surface area contributed by atoms with Gasteiger partial charge in [0.2, 0.25) is 5.78 Å². The molecule has 1 aliphatic rings. The molecule has 1 saturated heterocycles. The Hall–Kier alpha value is -4.23. The Morgan fingerprint density at radius 2 is 1.82 bits per heavy atom. The summed E-state index contributed by atoms with van der Waals surface area (Å²) in [6.45, 7) is 2.38. The number of aromatic hydroxyl groups is 1. The molecule has 4 N–H and O–H groups in total. The number of nitrogens with one attached hydrogen (secondary N) is 1. The summed E-state index contributed by atoms with van der Waals surface area (Å²) in [5.74, 6) is 0.814. The molecule has 4 aromatic rings. The molecular formula is C27H33N5O2. The number of hydrogen-bond donors (Lipinski definition) is 3. The van der Waals surface area contributed by atoms with Crippen molar-refractivity contribution in [2.24, 2.45) is 0 Å². The third-order valence-corrected chi connectivity index (χ3v) is 6.03. The van der Waals surface area contributed by atoms with E-state index in [-0.39, 0.29) is 29.1 Å². The maximum atomic E-state index is 13.4. The number of anilines is 2. The van der Waals surface area contributed by atoms with E-state index in [0.717, 1.165) is 36.6 Å². The smallest absolute Gasteiger partial charge is 0.215 e. The van der Waals surface area contributed by atoms with E-state index in [2.05, 4.69) is 32.3 Å². The van der Waals surface area contributed by atoms with Crippen molar-refractivity contribution >= 4 is 17.4 Å². The van der Waals surface area contributed by atoms with Crippen molar-refractivity contribution in [3.8, 4) is 16.9 Å². The molecule has 34 heavy (non-hydrogen) atoms. The largest absolute Gasteiger partial charge is 0.508 e. The molecular weight excluding hydrogens is 426 g/mol. The summed E-state index contributed by atoms with van der Waals surface area (Å²) >= 11 is 0. The SMILES string of the molecule is Nc1ncc(-c2ccc(O)cc2)cc1C(=O)c1cccc(N2CCNC(c3ccccc3)C2)n1.[HH].[HH].[HH].[HH]. The first kappa shape index (κ1) is 21.6. The van der Waals surface area contributed by atoms with E-state index in [1.165, 1.54) is 5.56 Å². The van der Waals surface area contributed by atoms with Crippen LogP contribution in [0.2, 0.25) is 0 Å². The van der Waals surface area contributed by atoms with Crippen LogP contribution in [0.3, 0.4) is 0 Å². The highest BCUT2D eigenvalue weighted by Gasteiger charge is 2.23. The number of phenolic OH excluding ortho intramolecular Hbond substituents is 1. The van der Waals surface area contributed by atoms with E-state index in [4.69, 9.17) is 5.73 Å². The Morgan fingerprint density at radius 3 is 2.62 bits per heavy atom. The minimum absolute atomic E-state index is 0. The lowest BCUT2D eigenvalue weighted by Gasteiger charge is -2.35. The van der Waals surface area contributed by atoms with Crippen LogP contribution in [-0.4, -0.2) is 40.5 Å². The van der Waals surface area contributed by atoms with E-state index in [9.17, 15) is 9.90 Å². The number of rotatable bonds is 5. The Morgan fingerprint density at radius 1 is 1.03 bits per heavy atom. The topological polar surface area (TPSA) is 104 Å². The molecule has 1 atom stereocenters. The van der Waals surface area contributed by atoms with Crippen molar-refractivity contribution < 1.29 is 15.6 Å². The van der Waals surface area contributed by atoms with E-state index in [1.54, 1.807) is 42.6 Å². The zero-order chi connectivity index (χ0) is 23.5. The molecule has 1 aliphatic heterocycles. The van der Waals surface area contributed by atoms with Gasteiger partial charge in [0.05, 0.1) is 5.56 Å². The van der Waals surface area contributed by atoms with Crippen molar-refractivity contribution in [2.75, 3.05) is 30.3 Å². The summed E-state index contributed by atoms with van der Waals surface area (Å²) in [6.07, 6.45) is 1.62. The van der Waals surface area contributed by atoms with Gasteiger partial charge in [-0.05, 0) is 41.5 Å². The molecule has 0 radical (unpaired) electrons. The minimum atomic E-state index is -0.276. The highest BCUT2D eigenvalue weighted by atomic mass is 16.3. The summed E-state index contributed by atoms with van der Waals surface area (Å²) in [4.78, 5) is 24.5. The molecule has 1 fully saturated rings. The lowest BCUT2D eigenvalue weighted by Crippen LogP contribution is -2.46. The first-order valence-corrected chi connectivity index (χ1v) is 11.2. The van der Waals surface area contributed by atoms with Crippen LogP contribution in [-0.2, 0) is 0 Å². The number of hydrogen-bond acceptors (Lipinski definition) is 7. The molecule has 0 spiro atoms. The van der Waals surface area contributed by atoms with Crippen LogP contribution in [0.1, 0.15) is 33.4 Å². The van der Waals surface area contributed by atoms with Crippen molar-refractivity contribution in [1.29, 1.82) is 0 Å². The average molecular weight is 460 g/mol. The van der Waals surface area contributed by atoms with Crippen LogP contribution in [0.5, 0.6) is 5.75 Å². The van der Waals surface area contributed by atoms with Crippen molar-refractivity contribution in [2.45, 2.75) is 6.04 Å². The molecule has 0 amide bonds. The average Bonchev–Trinajstić information content (AvgIpc) is 2.90. The number of nitrogens with zero attached hydrogens (tertiary/aromatic N) is 3. The molecule has 7 heteroatoms. The van der Waals surface area contributed by atoms with Gasteiger partial charge in [-0.3, -0.25) is 4.79 Å². The normalized spacial score (nSPS) is 15.8. The van der Waals surface area contributed by atoms with Crippen LogP contribution in [0.25, 0.3) is 11.1 Å². The quantitative estimate of drug-likeness (QED) is 0.368. The molecule has 5 rings (SSSR count). The molecule has 0 saturated carbocycles. The second-order valence-corrected chi connectivity index (χ2v) is 8.28. The number of carbonyl (C=O) groups is 1. The van der Waals surface area contributed by atoms with Gasteiger partial charge in [0.15, 0.2) is 0 Å². The Balaban J connectivity index is 0.00000180. The van der Waals surface area contributed by atoms with Gasteiger partial charge in [-0.25, -0.2) is 9.97 Å². The maximum absolute atomic E-state index is 13.4. The number of ketones is 1. The molecule has 2 aromatic heterocycles. The number of piperazine rings is 1. The first-order valence-electron chi connectivity index (χ1n) is 11.2. The maximum Gasteiger partial charge on any atom is 0.215 e. The third-order valence-electron chi connectivity index (χ3n) is 6.03. The highest BCUT2D eigenvalue weighted by molar-refractivity contribution is 6.11. The van der Waals surface area contributed by atoms with Gasteiger partial charge < -0.3 is 21.1 Å². The zero-order valence-electron chi connectivity index (χ0n) is 18.6. The monoisotopic (exact) mass is 459 g/mol. The molecule has 1 unspecified atom stereocenters. The second-order valence-electron chi connectivity index (χ2n) is 8.28. The Kier molecular flexibility index (Phi) is 5.93. The third kappa shape index (κ3) is 4.46. The molecule has 7 nitrogen and oxygen atoms in total. The summed E-state index contributed by atoms with van der Waals surface area (Å²) in [5.41, 5.74) is 9.49. The zero-order valence-corrected chi connectivity index (χ0v) is 18.6. The van der Waals surface area contributed by atoms with Crippen LogP contribution in [0.4, 0.5) is 11.6 Å². The van der Waals surface area contributed by atoms with Crippen molar-refractivity contribution in [1.82, 2.24) is 15.3 Å². The van der Waals surface area contributed by atoms with Crippen LogP contribution in [0, 0.1) is 0 Å². The number of nitrogen functional groups attached to an aromatic ring is 1. The van der Waals surface area contributed by atoms with Gasteiger partial charge in [-0.2, -0.15) is 0 Å². The molecule has 178 valence electrons. The van der Waals surface area contributed by atoms with Gasteiger partial charge in [0.1, 0.15) is 23.1 Å².